The van der Waals surface area contributed by atoms with E-state index in [-0.39, 0.29) is 23.4 Å². The number of rotatable bonds is 4. The molecule has 0 radical (unpaired) electrons. The molecule has 0 aromatic carbocycles. The van der Waals surface area contributed by atoms with Crippen LogP contribution in [0.3, 0.4) is 0 Å². The summed E-state index contributed by atoms with van der Waals surface area (Å²) in [5.41, 5.74) is 1.98. The minimum atomic E-state index is -0.545. The van der Waals surface area contributed by atoms with Gasteiger partial charge in [-0.2, -0.15) is 0 Å². The van der Waals surface area contributed by atoms with Crippen LogP contribution in [0.1, 0.15) is 6.42 Å². The molecule has 1 fully saturated rings. The van der Waals surface area contributed by atoms with Gasteiger partial charge in [-0.1, -0.05) is 0 Å². The molecule has 0 aliphatic carbocycles. The Morgan fingerprint density at radius 1 is 1.56 bits per heavy atom. The van der Waals surface area contributed by atoms with Gasteiger partial charge in [0.2, 0.25) is 11.6 Å². The third-order valence-electron chi connectivity index (χ3n) is 2.87. The molecule has 0 bridgehead atoms. The van der Waals surface area contributed by atoms with E-state index < -0.39 is 4.92 Å². The highest BCUT2D eigenvalue weighted by atomic mass is 16.6. The Kier molecular flexibility index (Phi) is 3.53. The number of hydrazine groups is 1. The van der Waals surface area contributed by atoms with Crippen molar-refractivity contribution in [3.05, 3.63) is 16.4 Å². The molecule has 2 rings (SSSR count). The number of nitro groups is 1. The number of anilines is 2. The fourth-order valence-corrected chi connectivity index (χ4v) is 2.01. The molecule has 2 heterocycles. The van der Waals surface area contributed by atoms with E-state index >= 15 is 0 Å². The first kappa shape index (κ1) is 12.5. The van der Waals surface area contributed by atoms with Crippen molar-refractivity contribution in [2.75, 3.05) is 30.9 Å². The van der Waals surface area contributed by atoms with Crippen molar-refractivity contribution < 1.29 is 4.92 Å². The first-order valence-electron chi connectivity index (χ1n) is 5.53. The molecule has 0 spiro atoms. The predicted octanol–water partition coefficient (Wildman–Crippen LogP) is -0.214. The van der Waals surface area contributed by atoms with Crippen LogP contribution in [0.15, 0.2) is 6.33 Å². The van der Waals surface area contributed by atoms with E-state index in [2.05, 4.69) is 25.6 Å². The van der Waals surface area contributed by atoms with Crippen LogP contribution in [0.4, 0.5) is 17.3 Å². The molecule has 9 heteroatoms. The first-order chi connectivity index (χ1) is 8.61. The quantitative estimate of drug-likeness (QED) is 0.382. The third-order valence-corrected chi connectivity index (χ3v) is 2.87. The summed E-state index contributed by atoms with van der Waals surface area (Å²) in [6, 6.07) is 0.147. The molecule has 0 saturated carbocycles. The summed E-state index contributed by atoms with van der Waals surface area (Å²) >= 11 is 0. The van der Waals surface area contributed by atoms with Gasteiger partial charge in [0.25, 0.3) is 0 Å². The number of nitrogens with zero attached hydrogens (tertiary/aromatic N) is 4. The Morgan fingerprint density at radius 2 is 2.28 bits per heavy atom. The Labute approximate surface area is 104 Å². The minimum Gasteiger partial charge on any atom is -0.360 e. The van der Waals surface area contributed by atoms with E-state index in [0.717, 1.165) is 19.5 Å². The van der Waals surface area contributed by atoms with Crippen molar-refractivity contribution in [2.24, 2.45) is 5.84 Å². The Morgan fingerprint density at radius 3 is 2.83 bits per heavy atom. The molecule has 0 amide bonds. The molecule has 1 aromatic heterocycles. The van der Waals surface area contributed by atoms with E-state index in [9.17, 15) is 10.1 Å². The van der Waals surface area contributed by atoms with Crippen LogP contribution in [-0.4, -0.2) is 46.0 Å². The van der Waals surface area contributed by atoms with Gasteiger partial charge in [-0.25, -0.2) is 15.8 Å². The highest BCUT2D eigenvalue weighted by Gasteiger charge is 2.26. The summed E-state index contributed by atoms with van der Waals surface area (Å²) in [5.74, 6) is 5.41. The van der Waals surface area contributed by atoms with Crippen molar-refractivity contribution >= 4 is 17.3 Å². The maximum Gasteiger partial charge on any atom is 0.354 e. The fourth-order valence-electron chi connectivity index (χ4n) is 2.01. The van der Waals surface area contributed by atoms with Gasteiger partial charge in [0.1, 0.15) is 6.33 Å². The zero-order chi connectivity index (χ0) is 13.1. The van der Waals surface area contributed by atoms with E-state index in [1.54, 1.807) is 0 Å². The maximum atomic E-state index is 11.0. The van der Waals surface area contributed by atoms with E-state index in [1.807, 2.05) is 7.05 Å². The average Bonchev–Trinajstić information content (AvgIpc) is 2.74. The van der Waals surface area contributed by atoms with E-state index in [4.69, 9.17) is 5.84 Å². The molecule has 1 aliphatic heterocycles. The molecule has 1 saturated heterocycles. The molecule has 1 unspecified atom stereocenters. The van der Waals surface area contributed by atoms with Crippen LogP contribution >= 0.6 is 0 Å². The number of nitrogens with two attached hydrogens (primary N) is 1. The van der Waals surface area contributed by atoms with Gasteiger partial charge in [0, 0.05) is 12.6 Å². The fraction of sp³-hybridized carbons (Fsp3) is 0.556. The van der Waals surface area contributed by atoms with Gasteiger partial charge in [-0.3, -0.25) is 10.1 Å². The number of likely N-dealkylation sites (tertiary alicyclic amines) is 1. The average molecular weight is 253 g/mol. The lowest BCUT2D eigenvalue weighted by Gasteiger charge is -2.13. The Balaban J connectivity index is 2.24. The Bertz CT molecular complexity index is 453. The van der Waals surface area contributed by atoms with Crippen LogP contribution < -0.4 is 16.6 Å². The van der Waals surface area contributed by atoms with Crippen molar-refractivity contribution in [3.63, 3.8) is 0 Å². The standard InChI is InChI=1S/C9H15N7O2/c1-15-3-2-6(4-15)13-8-7(16(17)18)9(14-10)12-5-11-8/h5-6H,2-4,10H2,1H3,(H2,11,12,13,14). The number of nitrogen functional groups attached to an aromatic ring is 1. The van der Waals surface area contributed by atoms with Gasteiger partial charge in [-0.15, -0.1) is 0 Å². The summed E-state index contributed by atoms with van der Waals surface area (Å²) in [7, 11) is 2.00. The summed E-state index contributed by atoms with van der Waals surface area (Å²) in [6.07, 6.45) is 2.16. The summed E-state index contributed by atoms with van der Waals surface area (Å²) < 4.78 is 0. The normalized spacial score (nSPS) is 19.8. The summed E-state index contributed by atoms with van der Waals surface area (Å²) in [6.45, 7) is 1.78. The highest BCUT2D eigenvalue weighted by Crippen LogP contribution is 2.29. The molecular weight excluding hydrogens is 238 g/mol. The number of hydrogen-bond acceptors (Lipinski definition) is 8. The first-order valence-corrected chi connectivity index (χ1v) is 5.53. The van der Waals surface area contributed by atoms with Gasteiger partial charge >= 0.3 is 5.69 Å². The number of likely N-dealkylation sites (N-methyl/N-ethyl adjacent to an activating group) is 1. The third kappa shape index (κ3) is 2.46. The van der Waals surface area contributed by atoms with E-state index in [1.165, 1.54) is 6.33 Å². The largest absolute Gasteiger partial charge is 0.360 e. The zero-order valence-electron chi connectivity index (χ0n) is 9.96. The van der Waals surface area contributed by atoms with E-state index in [0.29, 0.717) is 0 Å². The van der Waals surface area contributed by atoms with Crippen LogP contribution in [0.25, 0.3) is 0 Å². The van der Waals surface area contributed by atoms with Crippen LogP contribution in [0.5, 0.6) is 0 Å². The smallest absolute Gasteiger partial charge is 0.354 e. The predicted molar refractivity (Wildman–Crippen MR) is 66.0 cm³/mol. The number of nitrogens with one attached hydrogen (secondary N) is 2. The second-order valence-electron chi connectivity index (χ2n) is 4.21. The second kappa shape index (κ2) is 5.10. The molecule has 1 aromatic rings. The second-order valence-corrected chi connectivity index (χ2v) is 4.21. The van der Waals surface area contributed by atoms with Gasteiger partial charge < -0.3 is 15.6 Å². The SMILES string of the molecule is CN1CCC(Nc2ncnc(NN)c2[N+](=O)[O-])C1. The summed E-state index contributed by atoms with van der Waals surface area (Å²) in [5, 5.41) is 14.1. The molecule has 98 valence electrons. The zero-order valence-corrected chi connectivity index (χ0v) is 9.96. The van der Waals surface area contributed by atoms with Crippen molar-refractivity contribution in [3.8, 4) is 0 Å². The van der Waals surface area contributed by atoms with Crippen LogP contribution in [-0.2, 0) is 0 Å². The monoisotopic (exact) mass is 253 g/mol. The topological polar surface area (TPSA) is 122 Å². The lowest BCUT2D eigenvalue weighted by Crippen LogP contribution is -2.25. The number of aromatic nitrogens is 2. The molecule has 4 N–H and O–H groups in total. The molecule has 1 aliphatic rings. The molecule has 1 atom stereocenters. The highest BCUT2D eigenvalue weighted by molar-refractivity contribution is 5.69. The maximum absolute atomic E-state index is 11.0. The molecule has 9 nitrogen and oxygen atoms in total. The van der Waals surface area contributed by atoms with Gasteiger partial charge in [0.15, 0.2) is 0 Å². The van der Waals surface area contributed by atoms with Crippen molar-refractivity contribution in [1.82, 2.24) is 14.9 Å². The number of hydrogen-bond donors (Lipinski definition) is 3. The minimum absolute atomic E-state index is 0.00357. The van der Waals surface area contributed by atoms with Crippen molar-refractivity contribution in [2.45, 2.75) is 12.5 Å². The molecular formula is C9H15N7O2. The molecule has 18 heavy (non-hydrogen) atoms. The Hall–Kier alpha value is -2.00. The lowest BCUT2D eigenvalue weighted by molar-refractivity contribution is -0.383. The lowest BCUT2D eigenvalue weighted by atomic mass is 10.2. The van der Waals surface area contributed by atoms with Crippen molar-refractivity contribution in [1.29, 1.82) is 0 Å². The van der Waals surface area contributed by atoms with Gasteiger partial charge in [0.05, 0.1) is 4.92 Å². The van der Waals surface area contributed by atoms with Crippen LogP contribution in [0.2, 0.25) is 0 Å². The van der Waals surface area contributed by atoms with Gasteiger partial charge in [-0.05, 0) is 20.0 Å². The van der Waals surface area contributed by atoms with Crippen LogP contribution in [0, 0.1) is 10.1 Å². The summed E-state index contributed by atoms with van der Waals surface area (Å²) in [4.78, 5) is 20.3.